The van der Waals surface area contributed by atoms with Crippen LogP contribution in [0.5, 0.6) is 0 Å². The van der Waals surface area contributed by atoms with E-state index in [4.69, 9.17) is 9.84 Å². The predicted molar refractivity (Wildman–Crippen MR) is 94.9 cm³/mol. The van der Waals surface area contributed by atoms with Crippen molar-refractivity contribution in [1.82, 2.24) is 14.7 Å². The van der Waals surface area contributed by atoms with Gasteiger partial charge in [-0.25, -0.2) is 4.79 Å². The average molecular weight is 369 g/mol. The normalized spacial score (nSPS) is 27.5. The number of carboxylic acid groups (broad SMARTS) is 1. The lowest BCUT2D eigenvalue weighted by atomic mass is 9.90. The molecule has 2 amide bonds. The van der Waals surface area contributed by atoms with Crippen molar-refractivity contribution in [2.75, 3.05) is 53.0 Å². The molecule has 0 bridgehead atoms. The van der Waals surface area contributed by atoms with Crippen molar-refractivity contribution in [3.8, 4) is 0 Å². The van der Waals surface area contributed by atoms with E-state index in [1.807, 2.05) is 0 Å². The molecule has 3 aliphatic rings. The Bertz CT molecular complexity index is 525. The molecule has 1 saturated carbocycles. The first kappa shape index (κ1) is 19.4. The second kappa shape index (κ2) is 8.10. The van der Waals surface area contributed by atoms with Crippen LogP contribution < -0.4 is 0 Å². The molecule has 26 heavy (non-hydrogen) atoms. The molecule has 8 nitrogen and oxygen atoms in total. The molecular formula is C18H31N3O5. The summed E-state index contributed by atoms with van der Waals surface area (Å²) in [6, 6.07) is -0.0600. The second-order valence-corrected chi connectivity index (χ2v) is 7.93. The van der Waals surface area contributed by atoms with E-state index >= 15 is 0 Å². The minimum atomic E-state index is -0.973. The summed E-state index contributed by atoms with van der Waals surface area (Å²) in [4.78, 5) is 29.0. The molecule has 0 aromatic heterocycles. The number of methoxy groups -OCH3 is 1. The Labute approximate surface area is 154 Å². The lowest BCUT2D eigenvalue weighted by Gasteiger charge is -2.38. The Morgan fingerprint density at radius 2 is 2.04 bits per heavy atom. The van der Waals surface area contributed by atoms with Crippen molar-refractivity contribution in [2.24, 2.45) is 5.41 Å². The van der Waals surface area contributed by atoms with Gasteiger partial charge in [-0.1, -0.05) is 0 Å². The zero-order chi connectivity index (χ0) is 18.7. The maximum atomic E-state index is 12.5. The van der Waals surface area contributed by atoms with Gasteiger partial charge < -0.3 is 29.6 Å². The van der Waals surface area contributed by atoms with Crippen LogP contribution in [-0.2, 0) is 9.53 Å². The summed E-state index contributed by atoms with van der Waals surface area (Å²) < 4.78 is 5.33. The second-order valence-electron chi connectivity index (χ2n) is 7.93. The standard InChI is InChI=1S/C18H31N3O5/c1-26-13-14(21-11-10-20(17(24)25)8-3-16(21)23)2-7-19-9-6-18(4-5-18)15(22)12-19/h14-15,22H,2-13H2,1H3,(H,24,25)/t14-,15-/m1/s1. The molecular weight excluding hydrogens is 338 g/mol. The number of hydrogen-bond donors (Lipinski definition) is 2. The Balaban J connectivity index is 1.54. The number of carbonyl (C=O) groups is 2. The van der Waals surface area contributed by atoms with E-state index in [0.717, 1.165) is 38.8 Å². The Morgan fingerprint density at radius 1 is 1.27 bits per heavy atom. The van der Waals surface area contributed by atoms with E-state index in [0.29, 0.717) is 26.2 Å². The monoisotopic (exact) mass is 369 g/mol. The predicted octanol–water partition coefficient (Wildman–Crippen LogP) is 0.451. The quantitative estimate of drug-likeness (QED) is 0.706. The Hall–Kier alpha value is -1.38. The third kappa shape index (κ3) is 4.29. The number of likely N-dealkylation sites (tertiary alicyclic amines) is 1. The molecule has 0 aromatic carbocycles. The maximum absolute atomic E-state index is 12.5. The van der Waals surface area contributed by atoms with E-state index in [9.17, 15) is 14.7 Å². The number of carbonyl (C=O) groups excluding carboxylic acids is 1. The third-order valence-corrected chi connectivity index (χ3v) is 6.33. The van der Waals surface area contributed by atoms with Crippen LogP contribution in [0.3, 0.4) is 0 Å². The number of aliphatic hydroxyl groups is 1. The van der Waals surface area contributed by atoms with Gasteiger partial charge in [-0.2, -0.15) is 0 Å². The van der Waals surface area contributed by atoms with Gasteiger partial charge in [0.2, 0.25) is 5.91 Å². The van der Waals surface area contributed by atoms with Crippen LogP contribution in [0, 0.1) is 5.41 Å². The SMILES string of the molecule is COC[C@@H](CCN1CCC2(CC2)[C@H](O)C1)N1CCN(C(=O)O)CCC1=O. The van der Waals surface area contributed by atoms with Crippen molar-refractivity contribution in [3.05, 3.63) is 0 Å². The number of ether oxygens (including phenoxy) is 1. The van der Waals surface area contributed by atoms with Gasteiger partial charge in [-0.3, -0.25) is 4.79 Å². The van der Waals surface area contributed by atoms with E-state index in [-0.39, 0.29) is 36.4 Å². The Kier molecular flexibility index (Phi) is 6.04. The maximum Gasteiger partial charge on any atom is 0.407 e. The minimum Gasteiger partial charge on any atom is -0.465 e. The third-order valence-electron chi connectivity index (χ3n) is 6.33. The van der Waals surface area contributed by atoms with Crippen LogP contribution in [0.25, 0.3) is 0 Å². The van der Waals surface area contributed by atoms with Gasteiger partial charge in [0.05, 0.1) is 18.8 Å². The van der Waals surface area contributed by atoms with Crippen molar-refractivity contribution in [2.45, 2.75) is 44.2 Å². The fraction of sp³-hybridized carbons (Fsp3) is 0.889. The number of nitrogens with zero attached hydrogens (tertiary/aromatic N) is 3. The van der Waals surface area contributed by atoms with Crippen molar-refractivity contribution >= 4 is 12.0 Å². The molecule has 2 N–H and O–H groups in total. The van der Waals surface area contributed by atoms with Gasteiger partial charge in [0.15, 0.2) is 0 Å². The lowest BCUT2D eigenvalue weighted by Crippen LogP contribution is -2.49. The smallest absolute Gasteiger partial charge is 0.407 e. The van der Waals surface area contributed by atoms with E-state index in [1.54, 1.807) is 12.0 Å². The van der Waals surface area contributed by atoms with Gasteiger partial charge in [0.1, 0.15) is 0 Å². The van der Waals surface area contributed by atoms with Gasteiger partial charge >= 0.3 is 6.09 Å². The summed E-state index contributed by atoms with van der Waals surface area (Å²) >= 11 is 0. The van der Waals surface area contributed by atoms with E-state index < -0.39 is 6.09 Å². The summed E-state index contributed by atoms with van der Waals surface area (Å²) in [6.45, 7) is 3.96. The molecule has 0 radical (unpaired) electrons. The summed E-state index contributed by atoms with van der Waals surface area (Å²) in [7, 11) is 1.63. The highest BCUT2D eigenvalue weighted by atomic mass is 16.5. The zero-order valence-corrected chi connectivity index (χ0v) is 15.6. The molecule has 0 aromatic rings. The molecule has 8 heteroatoms. The first-order valence-electron chi connectivity index (χ1n) is 9.62. The van der Waals surface area contributed by atoms with Crippen molar-refractivity contribution in [1.29, 1.82) is 0 Å². The first-order chi connectivity index (χ1) is 12.4. The van der Waals surface area contributed by atoms with Gasteiger partial charge in [-0.05, 0) is 37.6 Å². The van der Waals surface area contributed by atoms with E-state index in [1.165, 1.54) is 4.90 Å². The number of β-amino-alcohol motifs (C(OH)–C–C–N with tert-alkyl or cyclic N) is 1. The molecule has 3 fully saturated rings. The van der Waals surface area contributed by atoms with Crippen LogP contribution in [0.4, 0.5) is 4.79 Å². The molecule has 1 spiro atoms. The molecule has 2 saturated heterocycles. The van der Waals surface area contributed by atoms with E-state index in [2.05, 4.69) is 4.90 Å². The highest BCUT2D eigenvalue weighted by Gasteiger charge is 2.51. The average Bonchev–Trinajstić information content (AvgIpc) is 3.40. The summed E-state index contributed by atoms with van der Waals surface area (Å²) in [5.74, 6) is -0.00795. The zero-order valence-electron chi connectivity index (χ0n) is 15.6. The molecule has 2 atom stereocenters. The highest BCUT2D eigenvalue weighted by molar-refractivity contribution is 5.78. The minimum absolute atomic E-state index is 0.00795. The summed E-state index contributed by atoms with van der Waals surface area (Å²) in [5.41, 5.74) is 0.198. The van der Waals surface area contributed by atoms with Crippen molar-refractivity contribution in [3.63, 3.8) is 0 Å². The highest BCUT2D eigenvalue weighted by Crippen LogP contribution is 2.53. The summed E-state index contributed by atoms with van der Waals surface area (Å²) in [5, 5.41) is 19.5. The molecule has 1 aliphatic carbocycles. The van der Waals surface area contributed by atoms with Gasteiger partial charge in [-0.15, -0.1) is 0 Å². The van der Waals surface area contributed by atoms with Gasteiger partial charge in [0.25, 0.3) is 0 Å². The van der Waals surface area contributed by atoms with Crippen LogP contribution in [0.15, 0.2) is 0 Å². The molecule has 2 heterocycles. The van der Waals surface area contributed by atoms with Crippen LogP contribution >= 0.6 is 0 Å². The molecule has 148 valence electrons. The van der Waals surface area contributed by atoms with Crippen LogP contribution in [0.2, 0.25) is 0 Å². The fourth-order valence-electron chi connectivity index (χ4n) is 4.29. The number of amides is 2. The molecule has 0 unspecified atom stereocenters. The molecule has 2 aliphatic heterocycles. The van der Waals surface area contributed by atoms with Crippen molar-refractivity contribution < 1.29 is 24.5 Å². The number of aliphatic hydroxyl groups excluding tert-OH is 1. The number of rotatable bonds is 6. The largest absolute Gasteiger partial charge is 0.465 e. The number of piperidine rings is 1. The van der Waals surface area contributed by atoms with Gasteiger partial charge in [0, 0.05) is 46.3 Å². The van der Waals surface area contributed by atoms with Crippen LogP contribution in [0.1, 0.15) is 32.1 Å². The van der Waals surface area contributed by atoms with Crippen LogP contribution in [-0.4, -0.2) is 102 Å². The lowest BCUT2D eigenvalue weighted by molar-refractivity contribution is -0.134. The topological polar surface area (TPSA) is 93.6 Å². The number of hydrogen-bond acceptors (Lipinski definition) is 5. The molecule has 3 rings (SSSR count). The Morgan fingerprint density at radius 3 is 2.65 bits per heavy atom. The summed E-state index contributed by atoms with van der Waals surface area (Å²) in [6.07, 6.45) is 3.14. The first-order valence-corrected chi connectivity index (χ1v) is 9.62. The fourth-order valence-corrected chi connectivity index (χ4v) is 4.29.